The number of amides is 3. The molecule has 5 N–H and O–H groups in total. The van der Waals surface area contributed by atoms with Gasteiger partial charge in [0.05, 0.1) is 6.04 Å². The predicted molar refractivity (Wildman–Crippen MR) is 125 cm³/mol. The zero-order chi connectivity index (χ0) is 23.2. The summed E-state index contributed by atoms with van der Waals surface area (Å²) in [6, 6.07) is -1.70. The molecule has 0 bridgehead atoms. The monoisotopic (exact) mass is 438 g/mol. The Balaban J connectivity index is 2.53. The maximum absolute atomic E-state index is 12.8. The molecule has 0 radical (unpaired) electrons. The smallest absolute Gasteiger partial charge is 0.243 e. The van der Waals surface area contributed by atoms with Crippen LogP contribution in [0.15, 0.2) is 0 Å². The lowest BCUT2D eigenvalue weighted by molar-refractivity contribution is -0.132. The van der Waals surface area contributed by atoms with Gasteiger partial charge in [-0.15, -0.1) is 0 Å². The fraction of sp³-hybridized carbons (Fsp3) is 0.875. The number of nitrogens with two attached hydrogens (primary N) is 1. The van der Waals surface area contributed by atoms with Crippen molar-refractivity contribution in [1.29, 1.82) is 0 Å². The molecule has 7 nitrogen and oxygen atoms in total. The Morgan fingerprint density at radius 1 is 0.935 bits per heavy atom. The zero-order valence-electron chi connectivity index (χ0n) is 20.2. The van der Waals surface area contributed by atoms with Crippen molar-refractivity contribution in [1.82, 2.24) is 16.0 Å². The lowest BCUT2D eigenvalue weighted by Gasteiger charge is -2.25. The molecule has 0 unspecified atom stereocenters. The molecule has 3 atom stereocenters. The highest BCUT2D eigenvalue weighted by Gasteiger charge is 2.27. The van der Waals surface area contributed by atoms with E-state index in [4.69, 9.17) is 5.73 Å². The van der Waals surface area contributed by atoms with Gasteiger partial charge >= 0.3 is 0 Å². The van der Waals surface area contributed by atoms with Crippen molar-refractivity contribution in [2.45, 2.75) is 116 Å². The summed E-state index contributed by atoms with van der Waals surface area (Å²) in [5.74, 6) is 0.0140. The van der Waals surface area contributed by atoms with E-state index < -0.39 is 18.0 Å². The van der Waals surface area contributed by atoms with Crippen LogP contribution in [0.5, 0.6) is 0 Å². The number of hydrogen-bond donors (Lipinski definition) is 4. The van der Waals surface area contributed by atoms with Gasteiger partial charge in [-0.3, -0.25) is 14.4 Å². The summed E-state index contributed by atoms with van der Waals surface area (Å²) >= 11 is 0. The van der Waals surface area contributed by atoms with E-state index in [1.165, 1.54) is 38.5 Å². The van der Waals surface area contributed by atoms with Gasteiger partial charge in [0.25, 0.3) is 0 Å². The molecule has 180 valence electrons. The van der Waals surface area contributed by atoms with Gasteiger partial charge in [-0.2, -0.15) is 0 Å². The van der Waals surface area contributed by atoms with Crippen molar-refractivity contribution in [3.63, 3.8) is 0 Å². The summed E-state index contributed by atoms with van der Waals surface area (Å²) in [5.41, 5.74) is 5.45. The van der Waals surface area contributed by atoms with Crippen molar-refractivity contribution in [2.24, 2.45) is 17.6 Å². The highest BCUT2D eigenvalue weighted by atomic mass is 16.2. The van der Waals surface area contributed by atoms with Gasteiger partial charge < -0.3 is 21.7 Å². The van der Waals surface area contributed by atoms with Gasteiger partial charge in [0.1, 0.15) is 12.1 Å². The Morgan fingerprint density at radius 2 is 1.55 bits per heavy atom. The molecule has 0 saturated heterocycles. The van der Waals surface area contributed by atoms with Crippen LogP contribution in [-0.2, 0) is 14.4 Å². The minimum Gasteiger partial charge on any atom is -0.368 e. The second-order valence-corrected chi connectivity index (χ2v) is 9.50. The molecule has 1 saturated carbocycles. The first-order chi connectivity index (χ1) is 14.8. The lowest BCUT2D eigenvalue weighted by atomic mass is 9.86. The lowest BCUT2D eigenvalue weighted by Crippen LogP contribution is -2.56. The molecule has 31 heavy (non-hydrogen) atoms. The summed E-state index contributed by atoms with van der Waals surface area (Å²) in [4.78, 5) is 37.3. The molecule has 1 aliphatic rings. The molecule has 0 aliphatic heterocycles. The third-order valence-corrected chi connectivity index (χ3v) is 6.21. The summed E-state index contributed by atoms with van der Waals surface area (Å²) in [6.45, 7) is 8.69. The Kier molecular flexibility index (Phi) is 13.5. The van der Waals surface area contributed by atoms with Gasteiger partial charge in [0.15, 0.2) is 0 Å². The third-order valence-electron chi connectivity index (χ3n) is 6.21. The molecule has 1 fully saturated rings. The molecule has 0 aromatic heterocycles. The molecule has 0 aromatic rings. The molecule has 1 aliphatic carbocycles. The standard InChI is InChI=1S/C24H46N4O3/c1-5-11-20(24(31)28-21(22(25)29)16-17(3)4)27-23(30)19(6-2)26-15-10-14-18-12-8-7-9-13-18/h17-21,26H,5-16H2,1-4H3,(H2,25,29)(H,27,30)(H,28,31)/t19-,20+,21+/m1/s1. The Hall–Kier alpha value is -1.63. The van der Waals surface area contributed by atoms with Crippen molar-refractivity contribution >= 4 is 17.7 Å². The van der Waals surface area contributed by atoms with Crippen LogP contribution < -0.4 is 21.7 Å². The van der Waals surface area contributed by atoms with E-state index in [-0.39, 0.29) is 23.8 Å². The van der Waals surface area contributed by atoms with E-state index in [0.717, 1.165) is 25.3 Å². The van der Waals surface area contributed by atoms with Crippen LogP contribution in [-0.4, -0.2) is 42.4 Å². The Bertz CT molecular complexity index is 547. The topological polar surface area (TPSA) is 113 Å². The highest BCUT2D eigenvalue weighted by Crippen LogP contribution is 2.26. The molecule has 0 heterocycles. The number of rotatable bonds is 15. The Labute approximate surface area is 189 Å². The summed E-state index contributed by atoms with van der Waals surface area (Å²) < 4.78 is 0. The number of carbonyl (C=O) groups is 3. The van der Waals surface area contributed by atoms with Gasteiger partial charge in [0, 0.05) is 0 Å². The first-order valence-electron chi connectivity index (χ1n) is 12.4. The average molecular weight is 439 g/mol. The van der Waals surface area contributed by atoms with Gasteiger partial charge in [0.2, 0.25) is 17.7 Å². The zero-order valence-corrected chi connectivity index (χ0v) is 20.2. The van der Waals surface area contributed by atoms with E-state index in [1.54, 1.807) is 0 Å². The normalized spacial score (nSPS) is 17.7. The van der Waals surface area contributed by atoms with Crippen molar-refractivity contribution < 1.29 is 14.4 Å². The number of primary amides is 1. The SMILES string of the molecule is CCC[C@H](NC(=O)[C@@H](CC)NCCCC1CCCCC1)C(=O)N[C@@H](CC(C)C)C(N)=O. The van der Waals surface area contributed by atoms with E-state index in [2.05, 4.69) is 16.0 Å². The van der Waals surface area contributed by atoms with E-state index >= 15 is 0 Å². The second kappa shape index (κ2) is 15.2. The predicted octanol–water partition coefficient (Wildman–Crippen LogP) is 3.02. The third kappa shape index (κ3) is 11.0. The van der Waals surface area contributed by atoms with E-state index in [0.29, 0.717) is 19.3 Å². The first-order valence-corrected chi connectivity index (χ1v) is 12.4. The fourth-order valence-electron chi connectivity index (χ4n) is 4.39. The van der Waals surface area contributed by atoms with Crippen LogP contribution in [0.4, 0.5) is 0 Å². The fourth-order valence-corrected chi connectivity index (χ4v) is 4.39. The molecular weight excluding hydrogens is 392 g/mol. The number of carbonyl (C=O) groups excluding carboxylic acids is 3. The van der Waals surface area contributed by atoms with Crippen molar-refractivity contribution in [3.05, 3.63) is 0 Å². The maximum atomic E-state index is 12.8. The number of nitrogens with one attached hydrogen (secondary N) is 3. The van der Waals surface area contributed by atoms with E-state index in [1.807, 2.05) is 27.7 Å². The molecule has 0 spiro atoms. The second-order valence-electron chi connectivity index (χ2n) is 9.50. The van der Waals surface area contributed by atoms with Crippen LogP contribution in [0.2, 0.25) is 0 Å². The van der Waals surface area contributed by atoms with Crippen LogP contribution in [0.1, 0.15) is 98.3 Å². The maximum Gasteiger partial charge on any atom is 0.243 e. The summed E-state index contributed by atoms with van der Waals surface area (Å²) in [5, 5.41) is 8.99. The van der Waals surface area contributed by atoms with Crippen LogP contribution >= 0.6 is 0 Å². The molecule has 7 heteroatoms. The average Bonchev–Trinajstić information content (AvgIpc) is 2.73. The molecular formula is C24H46N4O3. The summed E-state index contributed by atoms with van der Waals surface area (Å²) in [7, 11) is 0. The highest BCUT2D eigenvalue weighted by molar-refractivity contribution is 5.92. The Morgan fingerprint density at radius 3 is 2.10 bits per heavy atom. The molecule has 0 aromatic carbocycles. The van der Waals surface area contributed by atoms with Crippen LogP contribution in [0.25, 0.3) is 0 Å². The quantitative estimate of drug-likeness (QED) is 0.294. The van der Waals surface area contributed by atoms with Gasteiger partial charge in [-0.1, -0.05) is 66.2 Å². The van der Waals surface area contributed by atoms with Crippen molar-refractivity contribution in [3.8, 4) is 0 Å². The molecule has 1 rings (SSSR count). The number of hydrogen-bond acceptors (Lipinski definition) is 4. The van der Waals surface area contributed by atoms with Crippen molar-refractivity contribution in [2.75, 3.05) is 6.54 Å². The van der Waals surface area contributed by atoms with Crippen LogP contribution in [0.3, 0.4) is 0 Å². The van der Waals surface area contributed by atoms with Crippen LogP contribution in [0, 0.1) is 11.8 Å². The first kappa shape index (κ1) is 27.4. The van der Waals surface area contributed by atoms with Gasteiger partial charge in [-0.25, -0.2) is 0 Å². The summed E-state index contributed by atoms with van der Waals surface area (Å²) in [6.07, 6.45) is 11.5. The van der Waals surface area contributed by atoms with Gasteiger partial charge in [-0.05, 0) is 50.5 Å². The minimum absolute atomic E-state index is 0.159. The largest absolute Gasteiger partial charge is 0.368 e. The van der Waals surface area contributed by atoms with E-state index in [9.17, 15) is 14.4 Å². The molecule has 3 amide bonds. The minimum atomic E-state index is -0.719.